The van der Waals surface area contributed by atoms with Gasteiger partial charge in [0.15, 0.2) is 0 Å². The summed E-state index contributed by atoms with van der Waals surface area (Å²) in [4.78, 5) is 14.5. The molecule has 2 N–H and O–H groups in total. The number of nitrogens with one attached hydrogen (secondary N) is 2. The third-order valence-corrected chi connectivity index (χ3v) is 4.33. The molecule has 1 aromatic rings. The van der Waals surface area contributed by atoms with Gasteiger partial charge in [0.05, 0.1) is 9.40 Å². The first-order valence-corrected chi connectivity index (χ1v) is 7.15. The van der Waals surface area contributed by atoms with Crippen LogP contribution in [0.3, 0.4) is 0 Å². The van der Waals surface area contributed by atoms with E-state index in [9.17, 15) is 10.1 Å². The maximum absolute atomic E-state index is 10.8. The Labute approximate surface area is 120 Å². The number of hydrogen-bond acceptors (Lipinski definition) is 5. The standard InChI is InChI=1S/C12H17BrN4O2/c1-8-10(17(18)19)7-16-12(11(8)13)15-6-9-4-2-3-5-14-9/h7,9,14H,2-6H2,1H3,(H,15,16). The van der Waals surface area contributed by atoms with Crippen LogP contribution in [0.4, 0.5) is 11.5 Å². The zero-order valence-electron chi connectivity index (χ0n) is 10.8. The van der Waals surface area contributed by atoms with E-state index in [2.05, 4.69) is 31.5 Å². The third-order valence-electron chi connectivity index (χ3n) is 3.36. The first-order chi connectivity index (χ1) is 9.09. The van der Waals surface area contributed by atoms with E-state index in [-0.39, 0.29) is 5.69 Å². The normalized spacial score (nSPS) is 19.2. The molecule has 1 fully saturated rings. The van der Waals surface area contributed by atoms with Crippen LogP contribution in [-0.2, 0) is 0 Å². The van der Waals surface area contributed by atoms with Crippen molar-refractivity contribution in [3.8, 4) is 0 Å². The number of rotatable bonds is 4. The van der Waals surface area contributed by atoms with E-state index in [4.69, 9.17) is 0 Å². The molecule has 1 atom stereocenters. The lowest BCUT2D eigenvalue weighted by Crippen LogP contribution is -2.39. The molecule has 7 heteroatoms. The Hall–Kier alpha value is -1.21. The lowest BCUT2D eigenvalue weighted by molar-refractivity contribution is -0.385. The summed E-state index contributed by atoms with van der Waals surface area (Å²) in [6.45, 7) is 3.55. The van der Waals surface area contributed by atoms with Crippen molar-refractivity contribution in [2.75, 3.05) is 18.4 Å². The SMILES string of the molecule is Cc1c([N+](=O)[O-])cnc(NCC2CCCCN2)c1Br. The molecule has 2 heterocycles. The Morgan fingerprint density at radius 2 is 2.42 bits per heavy atom. The average Bonchev–Trinajstić information content (AvgIpc) is 2.41. The fourth-order valence-electron chi connectivity index (χ4n) is 2.19. The minimum Gasteiger partial charge on any atom is -0.368 e. The summed E-state index contributed by atoms with van der Waals surface area (Å²) in [5.74, 6) is 0.662. The van der Waals surface area contributed by atoms with Crippen LogP contribution < -0.4 is 10.6 Å². The monoisotopic (exact) mass is 328 g/mol. The molecule has 1 aliphatic heterocycles. The summed E-state index contributed by atoms with van der Waals surface area (Å²) in [7, 11) is 0. The zero-order chi connectivity index (χ0) is 13.8. The highest BCUT2D eigenvalue weighted by molar-refractivity contribution is 9.10. The predicted molar refractivity (Wildman–Crippen MR) is 77.5 cm³/mol. The molecule has 19 heavy (non-hydrogen) atoms. The maximum Gasteiger partial charge on any atom is 0.291 e. The van der Waals surface area contributed by atoms with Gasteiger partial charge in [0, 0.05) is 18.2 Å². The second-order valence-electron chi connectivity index (χ2n) is 4.72. The van der Waals surface area contributed by atoms with Gasteiger partial charge in [0.25, 0.3) is 5.69 Å². The molecular weight excluding hydrogens is 312 g/mol. The Kier molecular flexibility index (Phi) is 4.71. The van der Waals surface area contributed by atoms with Crippen LogP contribution in [0, 0.1) is 17.0 Å². The molecule has 0 aliphatic carbocycles. The molecule has 1 saturated heterocycles. The first-order valence-electron chi connectivity index (χ1n) is 6.36. The van der Waals surface area contributed by atoms with Crippen molar-refractivity contribution in [1.29, 1.82) is 0 Å². The van der Waals surface area contributed by atoms with E-state index in [0.717, 1.165) is 19.5 Å². The first kappa shape index (κ1) is 14.2. The largest absolute Gasteiger partial charge is 0.368 e. The Morgan fingerprint density at radius 3 is 3.05 bits per heavy atom. The van der Waals surface area contributed by atoms with Gasteiger partial charge in [-0.25, -0.2) is 4.98 Å². The van der Waals surface area contributed by atoms with Crippen molar-refractivity contribution in [3.05, 3.63) is 26.3 Å². The van der Waals surface area contributed by atoms with Crippen molar-refractivity contribution >= 4 is 27.4 Å². The summed E-state index contributed by atoms with van der Waals surface area (Å²) < 4.78 is 0.664. The van der Waals surface area contributed by atoms with Gasteiger partial charge in [-0.05, 0) is 42.2 Å². The molecule has 0 aromatic carbocycles. The molecule has 1 unspecified atom stereocenters. The number of nitro groups is 1. The van der Waals surface area contributed by atoms with Gasteiger partial charge < -0.3 is 10.6 Å². The van der Waals surface area contributed by atoms with E-state index < -0.39 is 4.92 Å². The average molecular weight is 329 g/mol. The van der Waals surface area contributed by atoms with Crippen molar-refractivity contribution in [3.63, 3.8) is 0 Å². The number of aromatic nitrogens is 1. The van der Waals surface area contributed by atoms with Gasteiger partial charge in [-0.1, -0.05) is 6.42 Å². The topological polar surface area (TPSA) is 80.1 Å². The quantitative estimate of drug-likeness (QED) is 0.656. The fourth-order valence-corrected chi connectivity index (χ4v) is 2.64. The van der Waals surface area contributed by atoms with Crippen molar-refractivity contribution in [2.45, 2.75) is 32.2 Å². The number of anilines is 1. The highest BCUT2D eigenvalue weighted by Crippen LogP contribution is 2.30. The highest BCUT2D eigenvalue weighted by Gasteiger charge is 2.18. The molecule has 104 valence electrons. The van der Waals surface area contributed by atoms with Crippen LogP contribution in [0.15, 0.2) is 10.7 Å². The van der Waals surface area contributed by atoms with E-state index in [0.29, 0.717) is 21.9 Å². The van der Waals surface area contributed by atoms with Crippen molar-refractivity contribution in [2.24, 2.45) is 0 Å². The molecule has 0 bridgehead atoms. The molecule has 6 nitrogen and oxygen atoms in total. The summed E-state index contributed by atoms with van der Waals surface area (Å²) in [5, 5.41) is 17.5. The second kappa shape index (κ2) is 6.29. The lowest BCUT2D eigenvalue weighted by Gasteiger charge is -2.24. The Morgan fingerprint density at radius 1 is 1.63 bits per heavy atom. The van der Waals surface area contributed by atoms with E-state index in [1.54, 1.807) is 6.92 Å². The number of halogens is 1. The van der Waals surface area contributed by atoms with Gasteiger partial charge in [-0.3, -0.25) is 10.1 Å². The number of nitrogens with zero attached hydrogens (tertiary/aromatic N) is 2. The number of pyridine rings is 1. The van der Waals surface area contributed by atoms with Gasteiger partial charge >= 0.3 is 0 Å². The minimum absolute atomic E-state index is 0.0354. The van der Waals surface area contributed by atoms with E-state index in [1.807, 2.05) is 0 Å². The molecule has 1 aliphatic rings. The van der Waals surface area contributed by atoms with Crippen molar-refractivity contribution < 1.29 is 4.92 Å². The van der Waals surface area contributed by atoms with Crippen LogP contribution in [0.5, 0.6) is 0 Å². The molecule has 1 aromatic heterocycles. The molecule has 0 spiro atoms. The number of hydrogen-bond donors (Lipinski definition) is 2. The predicted octanol–water partition coefficient (Wildman–Crippen LogP) is 2.61. The molecular formula is C12H17BrN4O2. The van der Waals surface area contributed by atoms with E-state index >= 15 is 0 Å². The number of piperidine rings is 1. The van der Waals surface area contributed by atoms with Gasteiger partial charge in [-0.15, -0.1) is 0 Å². The minimum atomic E-state index is -0.417. The van der Waals surface area contributed by atoms with Crippen molar-refractivity contribution in [1.82, 2.24) is 10.3 Å². The van der Waals surface area contributed by atoms with Gasteiger partial charge in [-0.2, -0.15) is 0 Å². The molecule has 0 amide bonds. The van der Waals surface area contributed by atoms with E-state index in [1.165, 1.54) is 19.0 Å². The second-order valence-corrected chi connectivity index (χ2v) is 5.51. The Bertz CT molecular complexity index is 475. The third kappa shape index (κ3) is 3.42. The molecule has 0 saturated carbocycles. The smallest absolute Gasteiger partial charge is 0.291 e. The van der Waals surface area contributed by atoms with Crippen LogP contribution in [0.1, 0.15) is 24.8 Å². The van der Waals surface area contributed by atoms with Crippen LogP contribution in [0.2, 0.25) is 0 Å². The summed E-state index contributed by atoms with van der Waals surface area (Å²) in [5.41, 5.74) is 0.632. The van der Waals surface area contributed by atoms with Crippen LogP contribution >= 0.6 is 15.9 Å². The van der Waals surface area contributed by atoms with Crippen LogP contribution in [-0.4, -0.2) is 29.0 Å². The zero-order valence-corrected chi connectivity index (χ0v) is 12.4. The summed E-state index contributed by atoms with van der Waals surface area (Å²) >= 11 is 3.37. The molecule has 2 rings (SSSR count). The molecule has 0 radical (unpaired) electrons. The lowest BCUT2D eigenvalue weighted by atomic mass is 10.1. The van der Waals surface area contributed by atoms with Gasteiger partial charge in [0.1, 0.15) is 12.0 Å². The fraction of sp³-hybridized carbons (Fsp3) is 0.583. The highest BCUT2D eigenvalue weighted by atomic mass is 79.9. The Balaban J connectivity index is 2.04. The summed E-state index contributed by atoms with van der Waals surface area (Å²) in [6.07, 6.45) is 4.93. The summed E-state index contributed by atoms with van der Waals surface area (Å²) in [6, 6.07) is 0.443. The van der Waals surface area contributed by atoms with Gasteiger partial charge in [0.2, 0.25) is 0 Å². The maximum atomic E-state index is 10.8. The van der Waals surface area contributed by atoms with Crippen LogP contribution in [0.25, 0.3) is 0 Å².